The normalized spacial score (nSPS) is 11.8. The molecule has 0 atom stereocenters. The predicted octanol–water partition coefficient (Wildman–Crippen LogP) is 3.56. The Hall–Kier alpha value is -2.36. The summed E-state index contributed by atoms with van der Waals surface area (Å²) >= 11 is 0. The average Bonchev–Trinajstić information content (AvgIpc) is 2.87. The van der Waals surface area contributed by atoms with Crippen LogP contribution in [-0.4, -0.2) is 11.5 Å². The van der Waals surface area contributed by atoms with Gasteiger partial charge in [0.05, 0.1) is 4.92 Å². The monoisotopic (exact) mass is 256 g/mol. The summed E-state index contributed by atoms with van der Waals surface area (Å²) in [4.78, 5) is 10.0. The van der Waals surface area contributed by atoms with Gasteiger partial charge in [0.25, 0.3) is 5.69 Å². The van der Waals surface area contributed by atoms with Gasteiger partial charge < -0.3 is 5.32 Å². The fourth-order valence-corrected chi connectivity index (χ4v) is 1.94. The van der Waals surface area contributed by atoms with Gasteiger partial charge in [0, 0.05) is 24.4 Å². The third-order valence-corrected chi connectivity index (χ3v) is 2.95. The van der Waals surface area contributed by atoms with Crippen molar-refractivity contribution in [2.24, 2.45) is 0 Å². The smallest absolute Gasteiger partial charge is 0.269 e. The van der Waals surface area contributed by atoms with Gasteiger partial charge in [0.15, 0.2) is 0 Å². The van der Waals surface area contributed by atoms with Gasteiger partial charge in [-0.3, -0.25) is 10.1 Å². The first-order chi connectivity index (χ1) is 9.16. The highest BCUT2D eigenvalue weighted by Gasteiger charge is 2.13. The van der Waals surface area contributed by atoms with Gasteiger partial charge in [0.1, 0.15) is 0 Å². The summed E-state index contributed by atoms with van der Waals surface area (Å²) in [6.45, 7) is 2.97. The summed E-state index contributed by atoms with van der Waals surface area (Å²) in [6, 6.07) is 15.2. The molecule has 0 amide bonds. The molecule has 3 rings (SSSR count). The van der Waals surface area contributed by atoms with Crippen molar-refractivity contribution in [2.45, 2.75) is 13.3 Å². The van der Waals surface area contributed by atoms with Gasteiger partial charge in [-0.05, 0) is 25.0 Å². The Morgan fingerprint density at radius 1 is 1.16 bits per heavy atom. The maximum Gasteiger partial charge on any atom is 0.269 e. The molecular weight excluding hydrogens is 240 g/mol. The van der Waals surface area contributed by atoms with Crippen LogP contribution < -0.4 is 5.32 Å². The predicted molar refractivity (Wildman–Crippen MR) is 76.5 cm³/mol. The lowest BCUT2D eigenvalue weighted by molar-refractivity contribution is -0.384. The first kappa shape index (κ1) is 13.1. The van der Waals surface area contributed by atoms with E-state index in [2.05, 4.69) is 24.4 Å². The lowest BCUT2D eigenvalue weighted by Crippen LogP contribution is -1.90. The number of nitrogens with zero attached hydrogens (tertiary/aromatic N) is 1. The molecule has 0 radical (unpaired) electrons. The van der Waals surface area contributed by atoms with Crippen molar-refractivity contribution >= 4 is 11.4 Å². The number of hydrogen-bond donors (Lipinski definition) is 1. The molecule has 2 aromatic rings. The molecule has 0 aromatic heterocycles. The number of rotatable bonds is 1. The molecule has 0 aliphatic carbocycles. The summed E-state index contributed by atoms with van der Waals surface area (Å²) in [5, 5.41) is 13.5. The van der Waals surface area contributed by atoms with E-state index < -0.39 is 0 Å². The number of nitro benzene ring substituents is 1. The minimum atomic E-state index is -0.362. The third kappa shape index (κ3) is 3.55. The molecule has 1 aliphatic heterocycles. The van der Waals surface area contributed by atoms with Gasteiger partial charge in [0.2, 0.25) is 0 Å². The molecule has 2 aromatic carbocycles. The van der Waals surface area contributed by atoms with Gasteiger partial charge in [-0.15, -0.1) is 0 Å². The fraction of sp³-hybridized carbons (Fsp3) is 0.200. The highest BCUT2D eigenvalue weighted by molar-refractivity contribution is 5.59. The maximum atomic E-state index is 10.4. The minimum absolute atomic E-state index is 0.178. The molecule has 1 N–H and O–H groups in total. The molecular formula is C15H16N2O2. The van der Waals surface area contributed by atoms with Crippen LogP contribution in [0.2, 0.25) is 0 Å². The number of anilines is 1. The molecule has 0 unspecified atom stereocenters. The van der Waals surface area contributed by atoms with Crippen LogP contribution in [0, 0.1) is 17.0 Å². The van der Waals surface area contributed by atoms with Crippen LogP contribution in [0.4, 0.5) is 11.4 Å². The molecule has 4 nitrogen and oxygen atoms in total. The van der Waals surface area contributed by atoms with Gasteiger partial charge >= 0.3 is 0 Å². The van der Waals surface area contributed by atoms with Gasteiger partial charge in [-0.25, -0.2) is 0 Å². The van der Waals surface area contributed by atoms with Crippen LogP contribution in [0.1, 0.15) is 11.1 Å². The lowest BCUT2D eigenvalue weighted by atomic mass is 10.1. The molecule has 1 heterocycles. The Kier molecular flexibility index (Phi) is 4.13. The van der Waals surface area contributed by atoms with Crippen molar-refractivity contribution in [3.05, 3.63) is 69.8 Å². The number of benzene rings is 2. The van der Waals surface area contributed by atoms with E-state index in [1.807, 2.05) is 18.2 Å². The first-order valence-corrected chi connectivity index (χ1v) is 6.19. The number of aryl methyl sites for hydroxylation is 1. The highest BCUT2D eigenvalue weighted by atomic mass is 16.6. The Morgan fingerprint density at radius 3 is 2.47 bits per heavy atom. The Morgan fingerprint density at radius 2 is 1.89 bits per heavy atom. The third-order valence-electron chi connectivity index (χ3n) is 2.95. The zero-order valence-corrected chi connectivity index (χ0v) is 10.8. The number of nitrogens with one attached hydrogen (secondary N) is 1. The summed E-state index contributed by atoms with van der Waals surface area (Å²) in [6.07, 6.45) is 0.886. The topological polar surface area (TPSA) is 55.2 Å². The van der Waals surface area contributed by atoms with Gasteiger partial charge in [-0.2, -0.15) is 0 Å². The number of nitro groups is 1. The number of hydrogen-bond acceptors (Lipinski definition) is 3. The largest absolute Gasteiger partial charge is 0.384 e. The van der Waals surface area contributed by atoms with E-state index >= 15 is 0 Å². The summed E-state index contributed by atoms with van der Waals surface area (Å²) in [5.41, 5.74) is 3.57. The van der Waals surface area contributed by atoms with Crippen molar-refractivity contribution < 1.29 is 4.92 Å². The van der Waals surface area contributed by atoms with E-state index in [0.29, 0.717) is 0 Å². The quantitative estimate of drug-likeness (QED) is 0.627. The van der Waals surface area contributed by atoms with Crippen LogP contribution >= 0.6 is 0 Å². The first-order valence-electron chi connectivity index (χ1n) is 6.19. The molecule has 19 heavy (non-hydrogen) atoms. The van der Waals surface area contributed by atoms with Crippen LogP contribution in [-0.2, 0) is 6.42 Å². The Balaban J connectivity index is 0.000000163. The molecule has 1 aliphatic rings. The second-order valence-corrected chi connectivity index (χ2v) is 4.43. The highest BCUT2D eigenvalue weighted by Crippen LogP contribution is 2.25. The molecule has 0 spiro atoms. The second-order valence-electron chi connectivity index (χ2n) is 4.43. The van der Waals surface area contributed by atoms with Crippen molar-refractivity contribution in [1.82, 2.24) is 0 Å². The molecule has 0 fully saturated rings. The average molecular weight is 256 g/mol. The second kappa shape index (κ2) is 6.00. The van der Waals surface area contributed by atoms with Crippen LogP contribution in [0.15, 0.2) is 48.5 Å². The van der Waals surface area contributed by atoms with E-state index in [9.17, 15) is 10.1 Å². The minimum Gasteiger partial charge on any atom is -0.384 e. The lowest BCUT2D eigenvalue weighted by Gasteiger charge is -1.97. The zero-order valence-electron chi connectivity index (χ0n) is 10.8. The summed E-state index contributed by atoms with van der Waals surface area (Å²) in [5.74, 6) is 0. The van der Waals surface area contributed by atoms with E-state index in [1.165, 1.54) is 11.6 Å². The fourth-order valence-electron chi connectivity index (χ4n) is 1.94. The van der Waals surface area contributed by atoms with Crippen molar-refractivity contribution in [3.8, 4) is 0 Å². The Bertz CT molecular complexity index is 568. The zero-order chi connectivity index (χ0) is 13.7. The molecule has 4 heteroatoms. The molecule has 0 saturated heterocycles. The van der Waals surface area contributed by atoms with Crippen molar-refractivity contribution in [2.75, 3.05) is 11.9 Å². The van der Waals surface area contributed by atoms with E-state index in [-0.39, 0.29) is 10.6 Å². The van der Waals surface area contributed by atoms with E-state index in [1.54, 1.807) is 12.1 Å². The number of fused-ring (bicyclic) bond motifs is 1. The maximum absolute atomic E-state index is 10.4. The van der Waals surface area contributed by atoms with E-state index in [0.717, 1.165) is 24.2 Å². The summed E-state index contributed by atoms with van der Waals surface area (Å²) in [7, 11) is 0. The summed E-state index contributed by atoms with van der Waals surface area (Å²) < 4.78 is 0. The van der Waals surface area contributed by atoms with Crippen LogP contribution in [0.5, 0.6) is 0 Å². The van der Waals surface area contributed by atoms with Crippen LogP contribution in [0.3, 0.4) is 0 Å². The van der Waals surface area contributed by atoms with Crippen molar-refractivity contribution in [3.63, 3.8) is 0 Å². The number of non-ortho nitro benzene ring substituents is 1. The Labute approximate surface area is 112 Å². The molecule has 98 valence electrons. The van der Waals surface area contributed by atoms with Crippen molar-refractivity contribution in [1.29, 1.82) is 0 Å². The van der Waals surface area contributed by atoms with Crippen LogP contribution in [0.25, 0.3) is 0 Å². The van der Waals surface area contributed by atoms with Gasteiger partial charge in [-0.1, -0.05) is 35.9 Å². The standard InChI is InChI=1S/C8H8N2O2.C7H8/c11-10(12)7-1-2-8-6(5-7)3-4-9-8;1-7-5-3-2-4-6-7/h1-2,5,9H,3-4H2;2-6H,1H3. The SMILES string of the molecule is Cc1ccccc1.O=[N+]([O-])c1ccc2c(c1)CCN2. The molecule has 0 saturated carbocycles. The van der Waals surface area contributed by atoms with E-state index in [4.69, 9.17) is 0 Å². The molecule has 0 bridgehead atoms.